The Morgan fingerprint density at radius 2 is 1.79 bits per heavy atom. The molecule has 106 valence electrons. The van der Waals surface area contributed by atoms with Crippen LogP contribution in [0.25, 0.3) is 0 Å². The Morgan fingerprint density at radius 3 is 2.42 bits per heavy atom. The van der Waals surface area contributed by atoms with Gasteiger partial charge >= 0.3 is 0 Å². The number of benzene rings is 1. The molecular weight excluding hydrogens is 257 g/mol. The minimum absolute atomic E-state index is 0.194. The highest BCUT2D eigenvalue weighted by Gasteiger charge is 2.10. The summed E-state index contributed by atoms with van der Waals surface area (Å²) >= 11 is 0. The molecular formula is C13H17F3N2O. The maximum atomic E-state index is 13.2. The van der Waals surface area contributed by atoms with Crippen LogP contribution in [0, 0.1) is 23.4 Å². The third-order valence-corrected chi connectivity index (χ3v) is 2.49. The minimum Gasteiger partial charge on any atom is -0.374 e. The van der Waals surface area contributed by atoms with E-state index in [-0.39, 0.29) is 18.1 Å². The molecule has 0 spiro atoms. The van der Waals surface area contributed by atoms with Gasteiger partial charge in [-0.15, -0.1) is 0 Å². The van der Waals surface area contributed by atoms with Gasteiger partial charge in [-0.05, 0) is 12.3 Å². The number of amides is 1. The average Bonchev–Trinajstić information content (AvgIpc) is 2.31. The zero-order chi connectivity index (χ0) is 14.4. The monoisotopic (exact) mass is 274 g/mol. The van der Waals surface area contributed by atoms with E-state index in [1.165, 1.54) is 0 Å². The molecule has 0 aliphatic carbocycles. The first-order valence-electron chi connectivity index (χ1n) is 6.05. The van der Waals surface area contributed by atoms with E-state index in [0.717, 1.165) is 6.42 Å². The van der Waals surface area contributed by atoms with E-state index in [0.29, 0.717) is 24.6 Å². The summed E-state index contributed by atoms with van der Waals surface area (Å²) in [4.78, 5) is 11.4. The first kappa shape index (κ1) is 15.3. The largest absolute Gasteiger partial charge is 0.374 e. The topological polar surface area (TPSA) is 41.1 Å². The molecule has 0 saturated heterocycles. The summed E-state index contributed by atoms with van der Waals surface area (Å²) in [6.07, 6.45) is 0.839. The number of carbonyl (C=O) groups excluding carboxylic acids is 1. The quantitative estimate of drug-likeness (QED) is 0.783. The summed E-state index contributed by atoms with van der Waals surface area (Å²) in [5.74, 6) is -3.22. The summed E-state index contributed by atoms with van der Waals surface area (Å²) in [6, 6.07) is 1.13. The van der Waals surface area contributed by atoms with Gasteiger partial charge in [0.05, 0.1) is 12.2 Å². The van der Waals surface area contributed by atoms with Crippen LogP contribution in [0.1, 0.15) is 20.3 Å². The summed E-state index contributed by atoms with van der Waals surface area (Å²) in [5.41, 5.74) is -0.238. The van der Waals surface area contributed by atoms with Gasteiger partial charge in [0, 0.05) is 18.7 Å². The Morgan fingerprint density at radius 1 is 1.16 bits per heavy atom. The maximum Gasteiger partial charge on any atom is 0.239 e. The molecule has 0 aromatic heterocycles. The van der Waals surface area contributed by atoms with Crippen LogP contribution >= 0.6 is 0 Å². The minimum atomic E-state index is -1.26. The SMILES string of the molecule is CC(C)CCNC(=O)CNc1cc(F)c(F)cc1F. The lowest BCUT2D eigenvalue weighted by molar-refractivity contribution is -0.119. The van der Waals surface area contributed by atoms with Crippen LogP contribution in [0.3, 0.4) is 0 Å². The summed E-state index contributed by atoms with van der Waals surface area (Å²) < 4.78 is 38.8. The van der Waals surface area contributed by atoms with Crippen LogP contribution in [0.4, 0.5) is 18.9 Å². The van der Waals surface area contributed by atoms with Crippen molar-refractivity contribution in [1.29, 1.82) is 0 Å². The van der Waals surface area contributed by atoms with E-state index < -0.39 is 17.5 Å². The van der Waals surface area contributed by atoms with Crippen molar-refractivity contribution in [2.24, 2.45) is 5.92 Å². The third-order valence-electron chi connectivity index (χ3n) is 2.49. The summed E-state index contributed by atoms with van der Waals surface area (Å²) in [7, 11) is 0. The number of hydrogen-bond donors (Lipinski definition) is 2. The van der Waals surface area contributed by atoms with E-state index in [2.05, 4.69) is 10.6 Å². The first-order chi connectivity index (χ1) is 8.90. The van der Waals surface area contributed by atoms with E-state index in [1.807, 2.05) is 13.8 Å². The van der Waals surface area contributed by atoms with E-state index in [4.69, 9.17) is 0 Å². The molecule has 2 N–H and O–H groups in total. The molecule has 0 saturated carbocycles. The highest BCUT2D eigenvalue weighted by molar-refractivity contribution is 5.80. The van der Waals surface area contributed by atoms with Crippen LogP contribution in [0.5, 0.6) is 0 Å². The fraction of sp³-hybridized carbons (Fsp3) is 0.462. The second-order valence-electron chi connectivity index (χ2n) is 4.63. The van der Waals surface area contributed by atoms with Gasteiger partial charge < -0.3 is 10.6 Å². The average molecular weight is 274 g/mol. The van der Waals surface area contributed by atoms with Gasteiger partial charge in [0.2, 0.25) is 5.91 Å². The number of anilines is 1. The first-order valence-corrected chi connectivity index (χ1v) is 6.05. The smallest absolute Gasteiger partial charge is 0.239 e. The van der Waals surface area contributed by atoms with Crippen molar-refractivity contribution in [3.05, 3.63) is 29.6 Å². The molecule has 19 heavy (non-hydrogen) atoms. The van der Waals surface area contributed by atoms with E-state index >= 15 is 0 Å². The summed E-state index contributed by atoms with van der Waals surface area (Å²) in [5, 5.41) is 5.06. The highest BCUT2D eigenvalue weighted by atomic mass is 19.2. The molecule has 1 aromatic carbocycles. The van der Waals surface area contributed by atoms with Crippen molar-refractivity contribution < 1.29 is 18.0 Å². The number of nitrogens with one attached hydrogen (secondary N) is 2. The van der Waals surface area contributed by atoms with Crippen molar-refractivity contribution in [2.45, 2.75) is 20.3 Å². The van der Waals surface area contributed by atoms with Crippen molar-refractivity contribution in [3.8, 4) is 0 Å². The van der Waals surface area contributed by atoms with Gasteiger partial charge in [-0.2, -0.15) is 0 Å². The lowest BCUT2D eigenvalue weighted by atomic mass is 10.1. The molecule has 0 aliphatic rings. The molecule has 1 amide bonds. The van der Waals surface area contributed by atoms with Crippen LogP contribution in [0.2, 0.25) is 0 Å². The summed E-state index contributed by atoms with van der Waals surface area (Å²) in [6.45, 7) is 4.39. The Hall–Kier alpha value is -1.72. The van der Waals surface area contributed by atoms with E-state index in [1.54, 1.807) is 0 Å². The molecule has 0 unspecified atom stereocenters. The highest BCUT2D eigenvalue weighted by Crippen LogP contribution is 2.17. The molecule has 6 heteroatoms. The van der Waals surface area contributed by atoms with E-state index in [9.17, 15) is 18.0 Å². The Kier molecular flexibility index (Phi) is 5.66. The lowest BCUT2D eigenvalue weighted by Gasteiger charge is -2.10. The van der Waals surface area contributed by atoms with Gasteiger partial charge in [-0.25, -0.2) is 13.2 Å². The molecule has 0 fully saturated rings. The van der Waals surface area contributed by atoms with Gasteiger partial charge in [0.1, 0.15) is 5.82 Å². The van der Waals surface area contributed by atoms with Crippen LogP contribution in [-0.2, 0) is 4.79 Å². The standard InChI is InChI=1S/C13H17F3N2O/c1-8(2)3-4-17-13(19)7-18-12-6-10(15)9(14)5-11(12)16/h5-6,8,18H,3-4,7H2,1-2H3,(H,17,19). The van der Waals surface area contributed by atoms with Crippen LogP contribution in [0.15, 0.2) is 12.1 Å². The Balaban J connectivity index is 2.44. The normalized spacial score (nSPS) is 10.6. The van der Waals surface area contributed by atoms with Crippen LogP contribution < -0.4 is 10.6 Å². The zero-order valence-electron chi connectivity index (χ0n) is 10.9. The molecule has 0 bridgehead atoms. The Bertz CT molecular complexity index is 450. The predicted molar refractivity (Wildman–Crippen MR) is 67.3 cm³/mol. The number of rotatable bonds is 6. The van der Waals surface area contributed by atoms with Crippen molar-refractivity contribution in [3.63, 3.8) is 0 Å². The molecule has 3 nitrogen and oxygen atoms in total. The van der Waals surface area contributed by atoms with Crippen molar-refractivity contribution in [2.75, 3.05) is 18.4 Å². The molecule has 0 heterocycles. The van der Waals surface area contributed by atoms with Gasteiger partial charge in [-0.3, -0.25) is 4.79 Å². The molecule has 0 radical (unpaired) electrons. The molecule has 1 rings (SSSR count). The second-order valence-corrected chi connectivity index (χ2v) is 4.63. The Labute approximate surface area is 110 Å². The second kappa shape index (κ2) is 7.01. The van der Waals surface area contributed by atoms with Crippen LogP contribution in [-0.4, -0.2) is 19.0 Å². The predicted octanol–water partition coefficient (Wildman–Crippen LogP) is 2.68. The lowest BCUT2D eigenvalue weighted by Crippen LogP contribution is -2.31. The molecule has 0 aliphatic heterocycles. The third kappa shape index (κ3) is 5.19. The number of carbonyl (C=O) groups is 1. The molecule has 0 atom stereocenters. The van der Waals surface area contributed by atoms with Gasteiger partial charge in [0.15, 0.2) is 11.6 Å². The van der Waals surface area contributed by atoms with Crippen molar-refractivity contribution >= 4 is 11.6 Å². The fourth-order valence-electron chi connectivity index (χ4n) is 1.40. The van der Waals surface area contributed by atoms with Crippen molar-refractivity contribution in [1.82, 2.24) is 5.32 Å². The number of hydrogen-bond acceptors (Lipinski definition) is 2. The maximum absolute atomic E-state index is 13.2. The number of halogens is 3. The van der Waals surface area contributed by atoms with Gasteiger partial charge in [-0.1, -0.05) is 13.8 Å². The van der Waals surface area contributed by atoms with Gasteiger partial charge in [0.25, 0.3) is 0 Å². The molecule has 1 aromatic rings. The fourth-order valence-corrected chi connectivity index (χ4v) is 1.40. The zero-order valence-corrected chi connectivity index (χ0v) is 10.9.